The molecule has 0 bridgehead atoms. The smallest absolute Gasteiger partial charge is 0.223 e. The summed E-state index contributed by atoms with van der Waals surface area (Å²) >= 11 is 3.40. The van der Waals surface area contributed by atoms with Crippen molar-refractivity contribution in [3.63, 3.8) is 0 Å². The van der Waals surface area contributed by atoms with Crippen LogP contribution in [-0.4, -0.2) is 23.9 Å². The second-order valence-corrected chi connectivity index (χ2v) is 5.20. The summed E-state index contributed by atoms with van der Waals surface area (Å²) in [7, 11) is 0. The van der Waals surface area contributed by atoms with Gasteiger partial charge in [0.05, 0.1) is 0 Å². The molecule has 1 atom stereocenters. The van der Waals surface area contributed by atoms with Gasteiger partial charge in [0.1, 0.15) is 0 Å². The van der Waals surface area contributed by atoms with Crippen LogP contribution < -0.4 is 0 Å². The molecular weight excluding hydrogens is 278 g/mol. The van der Waals surface area contributed by atoms with Gasteiger partial charge in [-0.1, -0.05) is 28.1 Å². The molecule has 0 saturated carbocycles. The number of terminal acetylenes is 1. The summed E-state index contributed by atoms with van der Waals surface area (Å²) in [5.74, 6) is 2.95. The number of likely N-dealkylation sites (tertiary alicyclic amines) is 1. The summed E-state index contributed by atoms with van der Waals surface area (Å²) in [5.41, 5.74) is 1.24. The molecule has 2 rings (SSSR count). The molecule has 1 heterocycles. The number of rotatable bonds is 3. The molecule has 0 aliphatic carbocycles. The lowest BCUT2D eigenvalue weighted by atomic mass is 10.1. The van der Waals surface area contributed by atoms with Crippen LogP contribution in [0.4, 0.5) is 0 Å². The van der Waals surface area contributed by atoms with Crippen LogP contribution in [-0.2, 0) is 11.2 Å². The fraction of sp³-hybridized carbons (Fsp3) is 0.357. The Morgan fingerprint density at radius 3 is 2.71 bits per heavy atom. The minimum atomic E-state index is 0.104. The Kier molecular flexibility index (Phi) is 3.86. The number of benzene rings is 1. The predicted octanol–water partition coefficient (Wildman–Crippen LogP) is 2.47. The molecule has 1 aromatic carbocycles. The first kappa shape index (κ1) is 12.2. The van der Waals surface area contributed by atoms with Crippen LogP contribution >= 0.6 is 15.9 Å². The standard InChI is InChI=1S/C14H14BrNO/c1-2-11-9-14(17)16(10-11)8-7-12-3-5-13(15)6-4-12/h1,3-6,11H,7-10H2. The first-order valence-electron chi connectivity index (χ1n) is 5.67. The first-order chi connectivity index (χ1) is 8.19. The van der Waals surface area contributed by atoms with Crippen molar-refractivity contribution in [3.05, 3.63) is 34.3 Å². The van der Waals surface area contributed by atoms with Crippen LogP contribution in [0, 0.1) is 18.3 Å². The summed E-state index contributed by atoms with van der Waals surface area (Å²) < 4.78 is 1.07. The highest BCUT2D eigenvalue weighted by atomic mass is 79.9. The monoisotopic (exact) mass is 291 g/mol. The van der Waals surface area contributed by atoms with Crippen molar-refractivity contribution in [2.45, 2.75) is 12.8 Å². The number of halogens is 1. The molecule has 3 heteroatoms. The van der Waals surface area contributed by atoms with Gasteiger partial charge in [-0.2, -0.15) is 0 Å². The normalized spacial score (nSPS) is 19.4. The van der Waals surface area contributed by atoms with Crippen LogP contribution in [0.2, 0.25) is 0 Å². The molecule has 1 aliphatic heterocycles. The second kappa shape index (κ2) is 5.37. The Hall–Kier alpha value is -1.27. The van der Waals surface area contributed by atoms with Gasteiger partial charge in [-0.15, -0.1) is 12.3 Å². The summed E-state index contributed by atoms with van der Waals surface area (Å²) in [4.78, 5) is 13.5. The molecule has 0 N–H and O–H groups in total. The molecule has 1 aromatic rings. The third-order valence-corrected chi connectivity index (χ3v) is 3.56. The summed E-state index contributed by atoms with van der Waals surface area (Å²) in [6.45, 7) is 1.48. The molecule has 1 amide bonds. The van der Waals surface area contributed by atoms with Gasteiger partial charge in [0.15, 0.2) is 0 Å². The summed E-state index contributed by atoms with van der Waals surface area (Å²) in [5, 5.41) is 0. The predicted molar refractivity (Wildman–Crippen MR) is 71.4 cm³/mol. The van der Waals surface area contributed by atoms with Crippen LogP contribution in [0.15, 0.2) is 28.7 Å². The second-order valence-electron chi connectivity index (χ2n) is 4.28. The van der Waals surface area contributed by atoms with Gasteiger partial charge in [-0.25, -0.2) is 0 Å². The summed E-state index contributed by atoms with van der Waals surface area (Å²) in [6, 6.07) is 8.18. The van der Waals surface area contributed by atoms with E-state index in [9.17, 15) is 4.79 Å². The zero-order chi connectivity index (χ0) is 12.3. The topological polar surface area (TPSA) is 20.3 Å². The van der Waals surface area contributed by atoms with E-state index < -0.39 is 0 Å². The maximum atomic E-state index is 11.6. The molecule has 1 unspecified atom stereocenters. The Labute approximate surface area is 110 Å². The Morgan fingerprint density at radius 2 is 2.12 bits per heavy atom. The molecular formula is C14H14BrNO. The lowest BCUT2D eigenvalue weighted by molar-refractivity contribution is -0.127. The average molecular weight is 292 g/mol. The fourth-order valence-electron chi connectivity index (χ4n) is 2.02. The van der Waals surface area contributed by atoms with E-state index in [4.69, 9.17) is 6.42 Å². The number of hydrogen-bond donors (Lipinski definition) is 0. The van der Waals surface area contributed by atoms with Crippen molar-refractivity contribution in [2.24, 2.45) is 5.92 Å². The zero-order valence-corrected chi connectivity index (χ0v) is 11.1. The maximum absolute atomic E-state index is 11.6. The van der Waals surface area contributed by atoms with Crippen molar-refractivity contribution in [2.75, 3.05) is 13.1 Å². The minimum Gasteiger partial charge on any atom is -0.341 e. The van der Waals surface area contributed by atoms with Gasteiger partial charge in [-0.05, 0) is 24.1 Å². The van der Waals surface area contributed by atoms with Gasteiger partial charge < -0.3 is 4.90 Å². The van der Waals surface area contributed by atoms with E-state index in [1.807, 2.05) is 17.0 Å². The van der Waals surface area contributed by atoms with E-state index in [0.717, 1.165) is 17.4 Å². The highest BCUT2D eigenvalue weighted by Gasteiger charge is 2.27. The number of amides is 1. The average Bonchev–Trinajstić information content (AvgIpc) is 2.69. The van der Waals surface area contributed by atoms with E-state index >= 15 is 0 Å². The van der Waals surface area contributed by atoms with Crippen molar-refractivity contribution in [1.29, 1.82) is 0 Å². The largest absolute Gasteiger partial charge is 0.341 e. The van der Waals surface area contributed by atoms with Crippen molar-refractivity contribution < 1.29 is 4.79 Å². The lowest BCUT2D eigenvalue weighted by Gasteiger charge is -2.15. The maximum Gasteiger partial charge on any atom is 0.223 e. The minimum absolute atomic E-state index is 0.104. The molecule has 0 aromatic heterocycles. The van der Waals surface area contributed by atoms with Gasteiger partial charge >= 0.3 is 0 Å². The highest BCUT2D eigenvalue weighted by molar-refractivity contribution is 9.10. The molecule has 17 heavy (non-hydrogen) atoms. The van der Waals surface area contributed by atoms with Crippen LogP contribution in [0.1, 0.15) is 12.0 Å². The lowest BCUT2D eigenvalue weighted by Crippen LogP contribution is -2.27. The molecule has 88 valence electrons. The Bertz CT molecular complexity index is 446. The quantitative estimate of drug-likeness (QED) is 0.784. The first-order valence-corrected chi connectivity index (χ1v) is 6.46. The third-order valence-electron chi connectivity index (χ3n) is 3.03. The molecule has 1 fully saturated rings. The molecule has 0 radical (unpaired) electrons. The Morgan fingerprint density at radius 1 is 1.41 bits per heavy atom. The molecule has 1 saturated heterocycles. The van der Waals surface area contributed by atoms with E-state index in [1.54, 1.807) is 0 Å². The van der Waals surface area contributed by atoms with Gasteiger partial charge in [0.2, 0.25) is 5.91 Å². The number of nitrogens with zero attached hydrogens (tertiary/aromatic N) is 1. The molecule has 0 spiro atoms. The van der Waals surface area contributed by atoms with E-state index in [1.165, 1.54) is 5.56 Å². The van der Waals surface area contributed by atoms with Crippen LogP contribution in [0.25, 0.3) is 0 Å². The van der Waals surface area contributed by atoms with E-state index in [2.05, 4.69) is 34.0 Å². The molecule has 2 nitrogen and oxygen atoms in total. The third kappa shape index (κ3) is 3.10. The Balaban J connectivity index is 1.89. The number of hydrogen-bond acceptors (Lipinski definition) is 1. The van der Waals surface area contributed by atoms with Crippen LogP contribution in [0.3, 0.4) is 0 Å². The van der Waals surface area contributed by atoms with Crippen molar-refractivity contribution in [3.8, 4) is 12.3 Å². The van der Waals surface area contributed by atoms with Gasteiger partial charge in [-0.3, -0.25) is 4.79 Å². The summed E-state index contributed by atoms with van der Waals surface area (Å²) in [6.07, 6.45) is 6.74. The van der Waals surface area contributed by atoms with Crippen LogP contribution in [0.5, 0.6) is 0 Å². The van der Waals surface area contributed by atoms with Gasteiger partial charge in [0, 0.05) is 29.9 Å². The van der Waals surface area contributed by atoms with Gasteiger partial charge in [0.25, 0.3) is 0 Å². The number of carbonyl (C=O) groups is 1. The van der Waals surface area contributed by atoms with Crippen molar-refractivity contribution in [1.82, 2.24) is 4.90 Å². The number of carbonyl (C=O) groups excluding carboxylic acids is 1. The molecule has 1 aliphatic rings. The van der Waals surface area contributed by atoms with E-state index in [0.29, 0.717) is 13.0 Å². The fourth-order valence-corrected chi connectivity index (χ4v) is 2.28. The van der Waals surface area contributed by atoms with Crippen molar-refractivity contribution >= 4 is 21.8 Å². The van der Waals surface area contributed by atoms with E-state index in [-0.39, 0.29) is 11.8 Å². The SMILES string of the molecule is C#CC1CC(=O)N(CCc2ccc(Br)cc2)C1. The zero-order valence-electron chi connectivity index (χ0n) is 9.53. The highest BCUT2D eigenvalue weighted by Crippen LogP contribution is 2.17.